The molecule has 4 nitrogen and oxygen atoms in total. The van der Waals surface area contributed by atoms with Crippen LogP contribution in [0.5, 0.6) is 0 Å². The second kappa shape index (κ2) is 7.10. The first kappa shape index (κ1) is 16.8. The lowest BCUT2D eigenvalue weighted by atomic mass is 10.2. The van der Waals surface area contributed by atoms with Crippen LogP contribution in [0.2, 0.25) is 0 Å². The van der Waals surface area contributed by atoms with Crippen molar-refractivity contribution in [1.82, 2.24) is 15.5 Å². The number of alkyl halides is 3. The van der Waals surface area contributed by atoms with Crippen LogP contribution in [-0.4, -0.2) is 21.9 Å². The van der Waals surface area contributed by atoms with Crippen LogP contribution in [0, 0.1) is 0 Å². The van der Waals surface area contributed by atoms with Crippen LogP contribution >= 0.6 is 23.1 Å². The van der Waals surface area contributed by atoms with Gasteiger partial charge < -0.3 is 5.32 Å². The molecule has 0 aliphatic carbocycles. The number of hydrogen-bond acceptors (Lipinski definition) is 5. The normalized spacial score (nSPS) is 11.5. The van der Waals surface area contributed by atoms with E-state index in [1.54, 1.807) is 12.1 Å². The van der Waals surface area contributed by atoms with Crippen LogP contribution in [-0.2, 0) is 12.7 Å². The Morgan fingerprint density at radius 1 is 1.32 bits per heavy atom. The lowest BCUT2D eigenvalue weighted by Crippen LogP contribution is -2.23. The second-order valence-electron chi connectivity index (χ2n) is 4.11. The summed E-state index contributed by atoms with van der Waals surface area (Å²) in [6.07, 6.45) is -4.51. The molecule has 0 atom stereocenters. The van der Waals surface area contributed by atoms with E-state index in [-0.39, 0.29) is 17.5 Å². The summed E-state index contributed by atoms with van der Waals surface area (Å²) in [5.41, 5.74) is 0.495. The number of benzene rings is 1. The molecule has 0 spiro atoms. The number of amides is 1. The minimum atomic E-state index is -4.51. The third kappa shape index (κ3) is 4.20. The van der Waals surface area contributed by atoms with E-state index in [1.807, 2.05) is 19.1 Å². The van der Waals surface area contributed by atoms with Crippen LogP contribution < -0.4 is 5.32 Å². The van der Waals surface area contributed by atoms with E-state index < -0.39 is 11.2 Å². The van der Waals surface area contributed by atoms with Crippen LogP contribution in [0.1, 0.15) is 27.3 Å². The van der Waals surface area contributed by atoms with E-state index in [0.717, 1.165) is 10.6 Å². The number of hydrogen-bond donors (Lipinski definition) is 1. The maximum atomic E-state index is 12.4. The average molecular weight is 347 g/mol. The summed E-state index contributed by atoms with van der Waals surface area (Å²) in [5, 5.41) is 8.17. The van der Waals surface area contributed by atoms with Gasteiger partial charge >= 0.3 is 6.18 Å². The standard InChI is InChI=1S/C13H12F3N3OS2/c1-2-21-9-6-4-3-5-8(9)11(20)17-7-10-18-19-12(22-10)13(14,15)16/h3-6H,2,7H2,1H3,(H,17,20). The summed E-state index contributed by atoms with van der Waals surface area (Å²) in [6, 6.07) is 7.07. The minimum absolute atomic E-state index is 0.0856. The van der Waals surface area contributed by atoms with Gasteiger partial charge in [-0.3, -0.25) is 4.79 Å². The first-order valence-corrected chi connectivity index (χ1v) is 8.11. The van der Waals surface area contributed by atoms with Gasteiger partial charge in [0.25, 0.3) is 5.91 Å². The zero-order chi connectivity index (χ0) is 16.2. The first-order chi connectivity index (χ1) is 10.4. The fraction of sp³-hybridized carbons (Fsp3) is 0.308. The Morgan fingerprint density at radius 3 is 2.68 bits per heavy atom. The van der Waals surface area contributed by atoms with E-state index in [0.29, 0.717) is 16.9 Å². The lowest BCUT2D eigenvalue weighted by molar-refractivity contribution is -0.138. The maximum absolute atomic E-state index is 12.4. The van der Waals surface area contributed by atoms with Crippen LogP contribution in [0.25, 0.3) is 0 Å². The molecule has 2 rings (SSSR count). The Kier molecular flexibility index (Phi) is 5.41. The highest BCUT2D eigenvalue weighted by Gasteiger charge is 2.35. The monoisotopic (exact) mass is 347 g/mol. The molecule has 0 saturated carbocycles. The van der Waals surface area contributed by atoms with Crippen molar-refractivity contribution in [3.8, 4) is 0 Å². The highest BCUT2D eigenvalue weighted by Crippen LogP contribution is 2.31. The summed E-state index contributed by atoms with van der Waals surface area (Å²) in [5.74, 6) is 0.468. The highest BCUT2D eigenvalue weighted by molar-refractivity contribution is 7.99. The van der Waals surface area contributed by atoms with Crippen molar-refractivity contribution < 1.29 is 18.0 Å². The molecule has 0 bridgehead atoms. The summed E-state index contributed by atoms with van der Waals surface area (Å²) < 4.78 is 37.3. The highest BCUT2D eigenvalue weighted by atomic mass is 32.2. The third-order valence-electron chi connectivity index (χ3n) is 2.54. The molecule has 1 N–H and O–H groups in total. The molecule has 0 saturated heterocycles. The number of carbonyl (C=O) groups excluding carboxylic acids is 1. The SMILES string of the molecule is CCSc1ccccc1C(=O)NCc1nnc(C(F)(F)F)s1. The Labute approximate surface area is 133 Å². The molecule has 1 heterocycles. The van der Waals surface area contributed by atoms with Gasteiger partial charge in [0, 0.05) is 4.90 Å². The number of carbonyl (C=O) groups is 1. The molecule has 0 aliphatic rings. The Balaban J connectivity index is 2.03. The molecule has 1 amide bonds. The smallest absolute Gasteiger partial charge is 0.345 e. The second-order valence-corrected chi connectivity index (χ2v) is 6.48. The van der Waals surface area contributed by atoms with Crippen LogP contribution in [0.15, 0.2) is 29.2 Å². The van der Waals surface area contributed by atoms with Gasteiger partial charge in [0.1, 0.15) is 5.01 Å². The van der Waals surface area contributed by atoms with Crippen LogP contribution in [0.3, 0.4) is 0 Å². The molecule has 9 heteroatoms. The van der Waals surface area contributed by atoms with Crippen molar-refractivity contribution in [3.05, 3.63) is 39.8 Å². The van der Waals surface area contributed by atoms with Gasteiger partial charge in [-0.05, 0) is 17.9 Å². The van der Waals surface area contributed by atoms with E-state index in [1.165, 1.54) is 11.8 Å². The Hall–Kier alpha value is -1.61. The summed E-state index contributed by atoms with van der Waals surface area (Å²) in [7, 11) is 0. The number of thioether (sulfide) groups is 1. The molecule has 0 unspecified atom stereocenters. The fourth-order valence-corrected chi connectivity index (χ4v) is 3.07. The molecule has 22 heavy (non-hydrogen) atoms. The van der Waals surface area contributed by atoms with E-state index in [9.17, 15) is 18.0 Å². The predicted molar refractivity (Wildman–Crippen MR) is 78.9 cm³/mol. The topological polar surface area (TPSA) is 54.9 Å². The van der Waals surface area contributed by atoms with Crippen molar-refractivity contribution >= 4 is 29.0 Å². The van der Waals surface area contributed by atoms with Gasteiger partial charge in [-0.15, -0.1) is 22.0 Å². The number of halogens is 3. The molecule has 0 fully saturated rings. The van der Waals surface area contributed by atoms with E-state index in [4.69, 9.17) is 0 Å². The minimum Gasteiger partial charge on any atom is -0.345 e. The molecule has 1 aromatic carbocycles. The van der Waals surface area contributed by atoms with Gasteiger partial charge in [0.2, 0.25) is 5.01 Å². The summed E-state index contributed by atoms with van der Waals surface area (Å²) in [4.78, 5) is 13.0. The molecule has 1 aromatic heterocycles. The molecule has 0 radical (unpaired) electrons. The van der Waals surface area contributed by atoms with Crippen LogP contribution in [0.4, 0.5) is 13.2 Å². The zero-order valence-corrected chi connectivity index (χ0v) is 13.1. The van der Waals surface area contributed by atoms with E-state index >= 15 is 0 Å². The quantitative estimate of drug-likeness (QED) is 0.840. The van der Waals surface area contributed by atoms with Crippen molar-refractivity contribution in [3.63, 3.8) is 0 Å². The molecule has 118 valence electrons. The van der Waals surface area contributed by atoms with Crippen molar-refractivity contribution in [2.45, 2.75) is 24.5 Å². The maximum Gasteiger partial charge on any atom is 0.445 e. The van der Waals surface area contributed by atoms with Gasteiger partial charge in [-0.1, -0.05) is 30.4 Å². The Bertz CT molecular complexity index is 658. The largest absolute Gasteiger partial charge is 0.445 e. The third-order valence-corrected chi connectivity index (χ3v) is 4.46. The number of aromatic nitrogens is 2. The number of rotatable bonds is 5. The average Bonchev–Trinajstić information content (AvgIpc) is 2.95. The van der Waals surface area contributed by atoms with Gasteiger partial charge in [-0.25, -0.2) is 0 Å². The van der Waals surface area contributed by atoms with Gasteiger partial charge in [-0.2, -0.15) is 13.2 Å². The Morgan fingerprint density at radius 2 is 2.05 bits per heavy atom. The summed E-state index contributed by atoms with van der Waals surface area (Å²) >= 11 is 1.95. The zero-order valence-electron chi connectivity index (χ0n) is 11.5. The van der Waals surface area contributed by atoms with Crippen molar-refractivity contribution in [2.24, 2.45) is 0 Å². The molecular weight excluding hydrogens is 335 g/mol. The van der Waals surface area contributed by atoms with Crippen molar-refractivity contribution in [2.75, 3.05) is 5.75 Å². The molecular formula is C13H12F3N3OS2. The fourth-order valence-electron chi connectivity index (χ4n) is 1.63. The molecule has 0 aliphatic heterocycles. The number of nitrogens with zero attached hydrogens (tertiary/aromatic N) is 2. The van der Waals surface area contributed by atoms with Gasteiger partial charge in [0.05, 0.1) is 12.1 Å². The summed E-state index contributed by atoms with van der Waals surface area (Å²) in [6.45, 7) is 1.89. The molecule has 2 aromatic rings. The first-order valence-electron chi connectivity index (χ1n) is 6.31. The van der Waals surface area contributed by atoms with Crippen molar-refractivity contribution in [1.29, 1.82) is 0 Å². The number of nitrogens with one attached hydrogen (secondary N) is 1. The van der Waals surface area contributed by atoms with Gasteiger partial charge in [0.15, 0.2) is 0 Å². The predicted octanol–water partition coefficient (Wildman–Crippen LogP) is 3.60. The lowest BCUT2D eigenvalue weighted by Gasteiger charge is -2.07. The van der Waals surface area contributed by atoms with E-state index in [2.05, 4.69) is 15.5 Å².